The molecule has 0 unspecified atom stereocenters. The molecule has 15 heavy (non-hydrogen) atoms. The van der Waals surface area contributed by atoms with Crippen molar-refractivity contribution in [2.24, 2.45) is 0 Å². The van der Waals surface area contributed by atoms with Crippen molar-refractivity contribution >= 4 is 11.3 Å². The summed E-state index contributed by atoms with van der Waals surface area (Å²) in [5.74, 6) is 0.802. The first kappa shape index (κ1) is 9.79. The zero-order valence-electron chi connectivity index (χ0n) is 9.04. The van der Waals surface area contributed by atoms with E-state index in [1.165, 1.54) is 49.1 Å². The summed E-state index contributed by atoms with van der Waals surface area (Å²) in [6, 6.07) is 0.777. The first-order valence-corrected chi connectivity index (χ1v) is 6.97. The first-order valence-electron chi connectivity index (χ1n) is 6.09. The van der Waals surface area contributed by atoms with E-state index >= 15 is 0 Å². The summed E-state index contributed by atoms with van der Waals surface area (Å²) in [6.45, 7) is 1.06. The summed E-state index contributed by atoms with van der Waals surface area (Å²) in [7, 11) is 0. The Bertz CT molecular complexity index is 324. The smallest absolute Gasteiger partial charge is 0.0798 e. The number of hydrogen-bond donors (Lipinski definition) is 1. The summed E-state index contributed by atoms with van der Waals surface area (Å²) in [6.07, 6.45) is 8.29. The average molecular weight is 222 g/mol. The third kappa shape index (κ3) is 2.23. The third-order valence-corrected chi connectivity index (χ3v) is 4.39. The number of hydrogen-bond acceptors (Lipinski definition) is 3. The molecule has 0 radical (unpaired) electrons. The molecule has 0 aromatic carbocycles. The molecule has 0 atom stereocenters. The number of nitrogens with one attached hydrogen (secondary N) is 1. The molecule has 82 valence electrons. The van der Waals surface area contributed by atoms with Crippen LogP contribution in [0, 0.1) is 0 Å². The second-order valence-corrected chi connectivity index (χ2v) is 5.74. The monoisotopic (exact) mass is 222 g/mol. The molecule has 2 aliphatic rings. The Balaban J connectivity index is 1.58. The minimum atomic E-state index is 0.777. The summed E-state index contributed by atoms with van der Waals surface area (Å²) < 4.78 is 0. The lowest BCUT2D eigenvalue weighted by Gasteiger charge is -2.11. The molecule has 3 heteroatoms. The van der Waals surface area contributed by atoms with Crippen molar-refractivity contribution in [1.29, 1.82) is 0 Å². The van der Waals surface area contributed by atoms with E-state index in [-0.39, 0.29) is 0 Å². The molecule has 1 aromatic rings. The van der Waals surface area contributed by atoms with Crippen LogP contribution in [-0.2, 0) is 6.54 Å². The van der Waals surface area contributed by atoms with Crippen LogP contribution in [0.2, 0.25) is 0 Å². The van der Waals surface area contributed by atoms with Crippen molar-refractivity contribution in [3.63, 3.8) is 0 Å². The quantitative estimate of drug-likeness (QED) is 0.847. The molecule has 2 fully saturated rings. The van der Waals surface area contributed by atoms with E-state index in [0.29, 0.717) is 0 Å². The number of nitrogens with zero attached hydrogens (tertiary/aromatic N) is 1. The van der Waals surface area contributed by atoms with Crippen LogP contribution in [0.1, 0.15) is 55.0 Å². The molecule has 1 aromatic heterocycles. The van der Waals surface area contributed by atoms with Crippen molar-refractivity contribution < 1.29 is 0 Å². The van der Waals surface area contributed by atoms with E-state index < -0.39 is 0 Å². The highest BCUT2D eigenvalue weighted by molar-refractivity contribution is 7.09. The van der Waals surface area contributed by atoms with Crippen LogP contribution in [0.5, 0.6) is 0 Å². The highest BCUT2D eigenvalue weighted by Crippen LogP contribution is 2.41. The first-order chi connectivity index (χ1) is 7.43. The van der Waals surface area contributed by atoms with Gasteiger partial charge < -0.3 is 5.32 Å². The van der Waals surface area contributed by atoms with Gasteiger partial charge in [0, 0.05) is 23.4 Å². The minimum absolute atomic E-state index is 0.777. The van der Waals surface area contributed by atoms with Gasteiger partial charge >= 0.3 is 0 Å². The van der Waals surface area contributed by atoms with Crippen LogP contribution in [0.25, 0.3) is 0 Å². The van der Waals surface area contributed by atoms with E-state index in [1.807, 2.05) is 16.8 Å². The molecule has 1 heterocycles. The van der Waals surface area contributed by atoms with Crippen molar-refractivity contribution in [3.05, 3.63) is 16.1 Å². The lowest BCUT2D eigenvalue weighted by atomic mass is 10.2. The van der Waals surface area contributed by atoms with Gasteiger partial charge in [-0.1, -0.05) is 12.8 Å². The van der Waals surface area contributed by atoms with Gasteiger partial charge in [0.15, 0.2) is 0 Å². The topological polar surface area (TPSA) is 24.9 Å². The van der Waals surface area contributed by atoms with Crippen LogP contribution in [0.4, 0.5) is 0 Å². The van der Waals surface area contributed by atoms with E-state index in [0.717, 1.165) is 18.5 Å². The Kier molecular flexibility index (Phi) is 2.76. The predicted molar refractivity (Wildman–Crippen MR) is 63.2 cm³/mol. The molecule has 0 spiro atoms. The Morgan fingerprint density at radius 2 is 2.07 bits per heavy atom. The van der Waals surface area contributed by atoms with Gasteiger partial charge in [0.05, 0.1) is 11.2 Å². The molecule has 0 aliphatic heterocycles. The summed E-state index contributed by atoms with van der Waals surface area (Å²) >= 11 is 1.83. The predicted octanol–water partition coefficient (Wildman–Crippen LogP) is 3.05. The van der Waals surface area contributed by atoms with Gasteiger partial charge in [-0.2, -0.15) is 0 Å². The molecular weight excluding hydrogens is 204 g/mol. The zero-order chi connectivity index (χ0) is 10.1. The van der Waals surface area contributed by atoms with Gasteiger partial charge in [0.25, 0.3) is 0 Å². The van der Waals surface area contributed by atoms with Gasteiger partial charge in [-0.05, 0) is 25.7 Å². The zero-order valence-corrected chi connectivity index (χ0v) is 9.85. The third-order valence-electron chi connectivity index (χ3n) is 3.54. The second kappa shape index (κ2) is 4.22. The number of thiazole rings is 1. The largest absolute Gasteiger partial charge is 0.309 e. The van der Waals surface area contributed by atoms with E-state index in [1.54, 1.807) is 0 Å². The van der Waals surface area contributed by atoms with Gasteiger partial charge in [-0.25, -0.2) is 4.98 Å². The standard InChI is InChI=1S/C12H18N2S/c1-2-4-10(3-1)13-7-11-12(9-5-6-9)14-8-15-11/h8-10,13H,1-7H2. The van der Waals surface area contributed by atoms with Crippen LogP contribution in [0.15, 0.2) is 5.51 Å². The summed E-state index contributed by atoms with van der Waals surface area (Å²) in [5.41, 5.74) is 3.41. The fourth-order valence-electron chi connectivity index (χ4n) is 2.47. The van der Waals surface area contributed by atoms with E-state index in [9.17, 15) is 0 Å². The normalized spacial score (nSPS) is 22.4. The molecule has 2 nitrogen and oxygen atoms in total. The van der Waals surface area contributed by atoms with Gasteiger partial charge in [-0.15, -0.1) is 11.3 Å². The van der Waals surface area contributed by atoms with Gasteiger partial charge in [0.2, 0.25) is 0 Å². The number of rotatable bonds is 4. The number of aromatic nitrogens is 1. The Morgan fingerprint density at radius 3 is 2.80 bits per heavy atom. The fraction of sp³-hybridized carbons (Fsp3) is 0.750. The lowest BCUT2D eigenvalue weighted by molar-refractivity contribution is 0.525. The van der Waals surface area contributed by atoms with Crippen molar-refractivity contribution in [3.8, 4) is 0 Å². The van der Waals surface area contributed by atoms with Crippen LogP contribution in [0.3, 0.4) is 0 Å². The van der Waals surface area contributed by atoms with E-state index in [2.05, 4.69) is 10.3 Å². The molecule has 2 aliphatic carbocycles. The summed E-state index contributed by atoms with van der Waals surface area (Å²) in [4.78, 5) is 5.99. The molecule has 3 rings (SSSR count). The maximum Gasteiger partial charge on any atom is 0.0798 e. The van der Waals surface area contributed by atoms with E-state index in [4.69, 9.17) is 0 Å². The maximum absolute atomic E-state index is 4.50. The molecule has 0 saturated heterocycles. The van der Waals surface area contributed by atoms with Crippen LogP contribution >= 0.6 is 11.3 Å². The fourth-order valence-corrected chi connectivity index (χ4v) is 3.27. The van der Waals surface area contributed by atoms with Crippen molar-refractivity contribution in [1.82, 2.24) is 10.3 Å². The van der Waals surface area contributed by atoms with Crippen molar-refractivity contribution in [2.75, 3.05) is 0 Å². The highest BCUT2D eigenvalue weighted by atomic mass is 32.1. The molecule has 0 bridgehead atoms. The molecule has 1 N–H and O–H groups in total. The second-order valence-electron chi connectivity index (χ2n) is 4.80. The lowest BCUT2D eigenvalue weighted by Crippen LogP contribution is -2.25. The average Bonchev–Trinajstić information content (AvgIpc) is 2.81. The summed E-state index contributed by atoms with van der Waals surface area (Å²) in [5, 5.41) is 3.68. The van der Waals surface area contributed by atoms with Crippen LogP contribution < -0.4 is 5.32 Å². The van der Waals surface area contributed by atoms with Gasteiger partial charge in [-0.3, -0.25) is 0 Å². The van der Waals surface area contributed by atoms with Gasteiger partial charge in [0.1, 0.15) is 0 Å². The van der Waals surface area contributed by atoms with Crippen LogP contribution in [-0.4, -0.2) is 11.0 Å². The Labute approximate surface area is 95.1 Å². The Morgan fingerprint density at radius 1 is 1.27 bits per heavy atom. The Hall–Kier alpha value is -0.410. The minimum Gasteiger partial charge on any atom is -0.309 e. The maximum atomic E-state index is 4.50. The highest BCUT2D eigenvalue weighted by Gasteiger charge is 2.28. The van der Waals surface area contributed by atoms with Crippen molar-refractivity contribution in [2.45, 2.75) is 57.0 Å². The molecular formula is C12H18N2S. The molecule has 2 saturated carbocycles. The SMILES string of the molecule is c1nc(C2CC2)c(CNC2CCCC2)s1. The molecule has 0 amide bonds.